The van der Waals surface area contributed by atoms with Gasteiger partial charge in [0.2, 0.25) is 5.89 Å². The molecule has 2 fully saturated rings. The summed E-state index contributed by atoms with van der Waals surface area (Å²) in [4.78, 5) is 18.3. The lowest BCUT2D eigenvalue weighted by Crippen LogP contribution is -2.44. The number of hydrogen-bond acceptors (Lipinski definition) is 4. The number of carbonyl (C=O) groups is 1. The van der Waals surface area contributed by atoms with Crippen molar-refractivity contribution in [3.63, 3.8) is 0 Å². The SMILES string of the molecule is Cc1nc(C2(NC(=O)c3ccc4c(C5CCCCC5)c5n(c4c3)CC=Cc3ccccc3-5)CCCC2)no1. The molecule has 2 aliphatic carbocycles. The van der Waals surface area contributed by atoms with E-state index in [9.17, 15) is 4.79 Å². The van der Waals surface area contributed by atoms with Crippen molar-refractivity contribution < 1.29 is 9.32 Å². The van der Waals surface area contributed by atoms with Crippen molar-refractivity contribution in [3.8, 4) is 11.3 Å². The van der Waals surface area contributed by atoms with Gasteiger partial charge in [0.05, 0.1) is 5.69 Å². The second kappa shape index (κ2) is 9.26. The van der Waals surface area contributed by atoms with Gasteiger partial charge in [-0.25, -0.2) is 0 Å². The first-order valence-electron chi connectivity index (χ1n) is 14.2. The van der Waals surface area contributed by atoms with E-state index in [1.807, 2.05) is 6.07 Å². The lowest BCUT2D eigenvalue weighted by atomic mass is 9.81. The Morgan fingerprint density at radius 1 is 1.05 bits per heavy atom. The molecule has 3 heterocycles. The van der Waals surface area contributed by atoms with Gasteiger partial charge in [-0.05, 0) is 54.9 Å². The highest BCUT2D eigenvalue weighted by Crippen LogP contribution is 2.46. The summed E-state index contributed by atoms with van der Waals surface area (Å²) in [5.74, 6) is 1.60. The zero-order chi connectivity index (χ0) is 25.7. The molecular formula is C32H34N4O2. The van der Waals surface area contributed by atoms with Gasteiger partial charge in [0.15, 0.2) is 5.82 Å². The van der Waals surface area contributed by atoms with Gasteiger partial charge in [0.25, 0.3) is 5.91 Å². The van der Waals surface area contributed by atoms with Gasteiger partial charge in [0.1, 0.15) is 5.54 Å². The molecule has 38 heavy (non-hydrogen) atoms. The highest BCUT2D eigenvalue weighted by Gasteiger charge is 2.41. The van der Waals surface area contributed by atoms with Gasteiger partial charge in [-0.2, -0.15) is 4.98 Å². The number of rotatable bonds is 4. The van der Waals surface area contributed by atoms with Crippen LogP contribution in [0.1, 0.15) is 96.9 Å². The van der Waals surface area contributed by atoms with E-state index in [0.717, 1.165) is 37.7 Å². The molecule has 1 aliphatic heterocycles. The molecule has 4 aromatic rings. The number of allylic oxidation sites excluding steroid dienone is 1. The summed E-state index contributed by atoms with van der Waals surface area (Å²) in [5, 5.41) is 8.82. The van der Waals surface area contributed by atoms with Gasteiger partial charge >= 0.3 is 0 Å². The summed E-state index contributed by atoms with van der Waals surface area (Å²) in [6, 6.07) is 15.0. The Bertz CT molecular complexity index is 1550. The van der Waals surface area contributed by atoms with Crippen LogP contribution >= 0.6 is 0 Å². The van der Waals surface area contributed by atoms with Crippen LogP contribution in [0.3, 0.4) is 0 Å². The van der Waals surface area contributed by atoms with Gasteiger partial charge < -0.3 is 14.4 Å². The smallest absolute Gasteiger partial charge is 0.252 e. The maximum Gasteiger partial charge on any atom is 0.252 e. The number of aryl methyl sites for hydroxylation is 1. The monoisotopic (exact) mass is 506 g/mol. The zero-order valence-electron chi connectivity index (χ0n) is 22.0. The van der Waals surface area contributed by atoms with Crippen LogP contribution in [-0.4, -0.2) is 20.6 Å². The summed E-state index contributed by atoms with van der Waals surface area (Å²) >= 11 is 0. The number of aromatic nitrogens is 3. The van der Waals surface area contributed by atoms with Crippen LogP contribution in [-0.2, 0) is 12.1 Å². The topological polar surface area (TPSA) is 73.0 Å². The third-order valence-electron chi connectivity index (χ3n) is 8.95. The van der Waals surface area contributed by atoms with E-state index < -0.39 is 5.54 Å². The Morgan fingerprint density at radius 2 is 1.87 bits per heavy atom. The lowest BCUT2D eigenvalue weighted by molar-refractivity contribution is 0.0892. The fourth-order valence-electron chi connectivity index (χ4n) is 7.11. The molecule has 194 valence electrons. The number of amides is 1. The lowest BCUT2D eigenvalue weighted by Gasteiger charge is -2.26. The standard InChI is InChI=1S/C32H34N4O2/c1-21-33-31(35-38-21)32(17-7-8-18-32)34-30(37)24-15-16-26-27(20-24)36-19-9-13-22-10-5-6-14-25(22)29(36)28(26)23-11-3-2-4-12-23/h5-6,9-10,13-16,20,23H,2-4,7-8,11-12,17-19H2,1H3,(H,34,37). The normalized spacial score (nSPS) is 18.8. The molecule has 2 aromatic heterocycles. The average molecular weight is 507 g/mol. The number of benzene rings is 2. The van der Waals surface area contributed by atoms with Gasteiger partial charge in [-0.1, -0.05) is 79.7 Å². The van der Waals surface area contributed by atoms with Crippen molar-refractivity contribution in [3.05, 3.63) is 76.9 Å². The third-order valence-corrected chi connectivity index (χ3v) is 8.95. The molecule has 0 bridgehead atoms. The summed E-state index contributed by atoms with van der Waals surface area (Å²) in [7, 11) is 0. The number of nitrogens with zero attached hydrogens (tertiary/aromatic N) is 3. The maximum atomic E-state index is 13.8. The minimum atomic E-state index is -0.561. The fraction of sp³-hybridized carbons (Fsp3) is 0.406. The van der Waals surface area contributed by atoms with Crippen LogP contribution in [0.2, 0.25) is 0 Å². The summed E-state index contributed by atoms with van der Waals surface area (Å²) in [6.07, 6.45) is 14.6. The van der Waals surface area contributed by atoms with Gasteiger partial charge in [-0.15, -0.1) is 0 Å². The van der Waals surface area contributed by atoms with Crippen molar-refractivity contribution in [1.29, 1.82) is 0 Å². The predicted molar refractivity (Wildman–Crippen MR) is 149 cm³/mol. The van der Waals surface area contributed by atoms with E-state index in [2.05, 4.69) is 68.6 Å². The van der Waals surface area contributed by atoms with E-state index in [1.54, 1.807) is 6.92 Å². The van der Waals surface area contributed by atoms with Crippen LogP contribution in [0.4, 0.5) is 0 Å². The highest BCUT2D eigenvalue weighted by atomic mass is 16.5. The largest absolute Gasteiger partial charge is 0.340 e. The van der Waals surface area contributed by atoms with E-state index >= 15 is 0 Å². The van der Waals surface area contributed by atoms with Crippen LogP contribution in [0.15, 0.2) is 53.1 Å². The molecule has 1 amide bonds. The molecule has 0 atom stereocenters. The quantitative estimate of drug-likeness (QED) is 0.316. The molecule has 0 unspecified atom stereocenters. The first kappa shape index (κ1) is 23.4. The molecule has 6 nitrogen and oxygen atoms in total. The van der Waals surface area contributed by atoms with Gasteiger partial charge in [-0.3, -0.25) is 4.79 Å². The molecule has 2 aromatic carbocycles. The Kier molecular flexibility index (Phi) is 5.71. The number of carbonyl (C=O) groups excluding carboxylic acids is 1. The minimum absolute atomic E-state index is 0.0735. The Morgan fingerprint density at radius 3 is 2.66 bits per heavy atom. The van der Waals surface area contributed by atoms with Crippen molar-refractivity contribution in [2.24, 2.45) is 0 Å². The van der Waals surface area contributed by atoms with Crippen molar-refractivity contribution in [2.45, 2.75) is 82.7 Å². The molecule has 7 rings (SSSR count). The third kappa shape index (κ3) is 3.80. The summed E-state index contributed by atoms with van der Waals surface area (Å²) in [5.41, 5.74) is 6.63. The van der Waals surface area contributed by atoms with Crippen LogP contribution in [0, 0.1) is 6.92 Å². The van der Waals surface area contributed by atoms with E-state index in [1.165, 1.54) is 59.9 Å². The Labute approximate surface area is 223 Å². The summed E-state index contributed by atoms with van der Waals surface area (Å²) < 4.78 is 7.72. The molecular weight excluding hydrogens is 472 g/mol. The average Bonchev–Trinajstić information content (AvgIpc) is 3.64. The number of hydrogen-bond donors (Lipinski definition) is 1. The second-order valence-corrected chi connectivity index (χ2v) is 11.3. The number of fused-ring (bicyclic) bond motifs is 5. The number of nitrogens with one attached hydrogen (secondary N) is 1. The molecule has 6 heteroatoms. The van der Waals surface area contributed by atoms with E-state index in [0.29, 0.717) is 23.2 Å². The van der Waals surface area contributed by atoms with Crippen LogP contribution in [0.5, 0.6) is 0 Å². The maximum absolute atomic E-state index is 13.8. The van der Waals surface area contributed by atoms with E-state index in [4.69, 9.17) is 4.52 Å². The predicted octanol–water partition coefficient (Wildman–Crippen LogP) is 7.27. The molecule has 0 radical (unpaired) electrons. The van der Waals surface area contributed by atoms with E-state index in [-0.39, 0.29) is 5.91 Å². The summed E-state index contributed by atoms with van der Waals surface area (Å²) in [6.45, 7) is 2.59. The van der Waals surface area contributed by atoms with Crippen LogP contribution < -0.4 is 5.32 Å². The zero-order valence-corrected chi connectivity index (χ0v) is 22.0. The van der Waals surface area contributed by atoms with Crippen molar-refractivity contribution in [1.82, 2.24) is 20.0 Å². The fourth-order valence-corrected chi connectivity index (χ4v) is 7.11. The first-order valence-corrected chi connectivity index (χ1v) is 14.2. The molecule has 2 saturated carbocycles. The first-order chi connectivity index (χ1) is 18.6. The molecule has 0 saturated heterocycles. The molecule has 1 N–H and O–H groups in total. The second-order valence-electron chi connectivity index (χ2n) is 11.3. The van der Waals surface area contributed by atoms with Crippen molar-refractivity contribution >= 4 is 22.9 Å². The minimum Gasteiger partial charge on any atom is -0.340 e. The molecule has 3 aliphatic rings. The molecule has 0 spiro atoms. The highest BCUT2D eigenvalue weighted by molar-refractivity contribution is 6.01. The Balaban J connectivity index is 1.34. The van der Waals surface area contributed by atoms with Crippen LogP contribution in [0.25, 0.3) is 28.2 Å². The Hall–Kier alpha value is -3.67. The van der Waals surface area contributed by atoms with Crippen molar-refractivity contribution in [2.75, 3.05) is 0 Å². The van der Waals surface area contributed by atoms with Gasteiger partial charge in [0, 0.05) is 35.5 Å².